The average molecular weight is 232 g/mol. The van der Waals surface area contributed by atoms with E-state index in [1.807, 2.05) is 30.3 Å². The van der Waals surface area contributed by atoms with Crippen LogP contribution in [0.4, 0.5) is 0 Å². The summed E-state index contributed by atoms with van der Waals surface area (Å²) < 4.78 is 5.04. The van der Waals surface area contributed by atoms with E-state index in [1.54, 1.807) is 6.08 Å². The van der Waals surface area contributed by atoms with Crippen LogP contribution in [-0.2, 0) is 20.9 Å². The Morgan fingerprint density at radius 2 is 1.94 bits per heavy atom. The van der Waals surface area contributed by atoms with Crippen LogP contribution in [0.15, 0.2) is 42.5 Å². The molecule has 0 saturated heterocycles. The summed E-state index contributed by atoms with van der Waals surface area (Å²) in [5.41, 5.74) is 0.968. The summed E-state index contributed by atoms with van der Waals surface area (Å²) in [4.78, 5) is 21.3. The monoisotopic (exact) mass is 232 g/mol. The molecule has 0 heterocycles. The van der Waals surface area contributed by atoms with Gasteiger partial charge in [-0.25, -0.2) is 4.79 Å². The van der Waals surface area contributed by atoms with Gasteiger partial charge in [0.15, 0.2) is 0 Å². The van der Waals surface area contributed by atoms with Gasteiger partial charge in [0.05, 0.1) is 0 Å². The van der Waals surface area contributed by atoms with E-state index in [0.717, 1.165) is 24.7 Å². The minimum absolute atomic E-state index is 0.290. The zero-order valence-corrected chi connectivity index (χ0v) is 9.67. The van der Waals surface area contributed by atoms with Crippen LogP contribution in [0.1, 0.15) is 24.8 Å². The van der Waals surface area contributed by atoms with E-state index in [4.69, 9.17) is 4.74 Å². The number of aldehydes is 1. The van der Waals surface area contributed by atoms with Crippen LogP contribution < -0.4 is 0 Å². The fourth-order valence-electron chi connectivity index (χ4n) is 1.28. The van der Waals surface area contributed by atoms with Gasteiger partial charge in [-0.3, -0.25) is 0 Å². The summed E-state index contributed by atoms with van der Waals surface area (Å²) in [7, 11) is 0. The van der Waals surface area contributed by atoms with E-state index >= 15 is 0 Å². The first-order chi connectivity index (χ1) is 8.33. The standard InChI is InChI=1S/C14H16O3/c15-11-7-2-1-6-10-14(16)17-12-13-8-4-3-5-9-13/h3-6,8-11H,1-2,7,12H2/b10-6+. The quantitative estimate of drug-likeness (QED) is 0.314. The first kappa shape index (κ1) is 13.2. The molecule has 0 fully saturated rings. The van der Waals surface area contributed by atoms with Crippen molar-refractivity contribution < 1.29 is 14.3 Å². The number of carbonyl (C=O) groups is 2. The third kappa shape index (κ3) is 6.30. The van der Waals surface area contributed by atoms with E-state index in [0.29, 0.717) is 13.0 Å². The molecule has 0 unspecified atom stereocenters. The predicted octanol–water partition coefficient (Wildman–Crippen LogP) is 2.66. The molecule has 0 atom stereocenters. The molecule has 1 aromatic rings. The van der Waals surface area contributed by atoms with Crippen molar-refractivity contribution >= 4 is 12.3 Å². The smallest absolute Gasteiger partial charge is 0.330 e. The highest BCUT2D eigenvalue weighted by atomic mass is 16.5. The Hall–Kier alpha value is -1.90. The Bertz CT molecular complexity index is 368. The van der Waals surface area contributed by atoms with E-state index in [2.05, 4.69) is 0 Å². The van der Waals surface area contributed by atoms with Crippen molar-refractivity contribution in [1.82, 2.24) is 0 Å². The molecular weight excluding hydrogens is 216 g/mol. The third-order valence-corrected chi connectivity index (χ3v) is 2.17. The first-order valence-electron chi connectivity index (χ1n) is 5.64. The molecule has 0 aromatic heterocycles. The second-order valence-electron chi connectivity index (χ2n) is 3.59. The predicted molar refractivity (Wildman–Crippen MR) is 65.3 cm³/mol. The lowest BCUT2D eigenvalue weighted by Gasteiger charge is -2.01. The molecule has 0 aliphatic carbocycles. The number of allylic oxidation sites excluding steroid dienone is 1. The maximum absolute atomic E-state index is 11.3. The van der Waals surface area contributed by atoms with E-state index in [9.17, 15) is 9.59 Å². The number of ether oxygens (including phenoxy) is 1. The van der Waals surface area contributed by atoms with Gasteiger partial charge >= 0.3 is 5.97 Å². The fraction of sp³-hybridized carbons (Fsp3) is 0.286. The molecule has 90 valence electrons. The maximum Gasteiger partial charge on any atom is 0.330 e. The summed E-state index contributed by atoms with van der Waals surface area (Å²) in [5, 5.41) is 0. The lowest BCUT2D eigenvalue weighted by molar-refractivity contribution is -0.139. The van der Waals surface area contributed by atoms with Crippen LogP contribution in [0, 0.1) is 0 Å². The van der Waals surface area contributed by atoms with Gasteiger partial charge in [0.25, 0.3) is 0 Å². The first-order valence-corrected chi connectivity index (χ1v) is 5.64. The second-order valence-corrected chi connectivity index (χ2v) is 3.59. The molecule has 0 aliphatic heterocycles. The zero-order valence-electron chi connectivity index (χ0n) is 9.67. The minimum atomic E-state index is -0.347. The molecule has 0 radical (unpaired) electrons. The Morgan fingerprint density at radius 3 is 2.65 bits per heavy atom. The largest absolute Gasteiger partial charge is 0.458 e. The SMILES string of the molecule is O=CCCC/C=C/C(=O)OCc1ccccc1. The van der Waals surface area contributed by atoms with Crippen molar-refractivity contribution in [1.29, 1.82) is 0 Å². The Labute approximate surface area is 101 Å². The van der Waals surface area contributed by atoms with Crippen LogP contribution in [-0.4, -0.2) is 12.3 Å². The minimum Gasteiger partial charge on any atom is -0.458 e. The van der Waals surface area contributed by atoms with Crippen molar-refractivity contribution in [2.45, 2.75) is 25.9 Å². The number of benzene rings is 1. The summed E-state index contributed by atoms with van der Waals surface area (Å²) in [6.07, 6.45) is 6.04. The van der Waals surface area contributed by atoms with E-state index in [1.165, 1.54) is 6.08 Å². The highest BCUT2D eigenvalue weighted by Crippen LogP contribution is 2.01. The lowest BCUT2D eigenvalue weighted by Crippen LogP contribution is -2.00. The summed E-state index contributed by atoms with van der Waals surface area (Å²) in [6.45, 7) is 0.290. The molecule has 0 amide bonds. The topological polar surface area (TPSA) is 43.4 Å². The van der Waals surface area contributed by atoms with Crippen molar-refractivity contribution in [2.75, 3.05) is 0 Å². The van der Waals surface area contributed by atoms with Crippen LogP contribution in [0.5, 0.6) is 0 Å². The fourth-order valence-corrected chi connectivity index (χ4v) is 1.28. The van der Waals surface area contributed by atoms with Crippen LogP contribution in [0.2, 0.25) is 0 Å². The number of hydrogen-bond donors (Lipinski definition) is 0. The molecule has 1 aromatic carbocycles. The van der Waals surface area contributed by atoms with E-state index in [-0.39, 0.29) is 5.97 Å². The highest BCUT2D eigenvalue weighted by Gasteiger charge is 1.97. The molecule has 1 rings (SSSR count). The lowest BCUT2D eigenvalue weighted by atomic mass is 10.2. The van der Waals surface area contributed by atoms with Gasteiger partial charge < -0.3 is 9.53 Å². The molecule has 3 nitrogen and oxygen atoms in total. The van der Waals surface area contributed by atoms with Gasteiger partial charge in [0.2, 0.25) is 0 Å². The van der Waals surface area contributed by atoms with Crippen LogP contribution in [0.25, 0.3) is 0 Å². The summed E-state index contributed by atoms with van der Waals surface area (Å²) in [5.74, 6) is -0.347. The van der Waals surface area contributed by atoms with Gasteiger partial charge in [-0.05, 0) is 18.4 Å². The second kappa shape index (κ2) is 8.28. The normalized spacial score (nSPS) is 10.4. The van der Waals surface area contributed by atoms with Crippen molar-refractivity contribution in [3.8, 4) is 0 Å². The van der Waals surface area contributed by atoms with Crippen molar-refractivity contribution in [3.05, 3.63) is 48.0 Å². The molecule has 0 spiro atoms. The van der Waals surface area contributed by atoms with Gasteiger partial charge in [-0.2, -0.15) is 0 Å². The Kier molecular flexibility index (Phi) is 6.41. The van der Waals surface area contributed by atoms with Crippen LogP contribution in [0.3, 0.4) is 0 Å². The van der Waals surface area contributed by atoms with Crippen molar-refractivity contribution in [3.63, 3.8) is 0 Å². The molecule has 0 saturated carbocycles. The molecule has 0 aliphatic rings. The molecule has 0 N–H and O–H groups in total. The number of carbonyl (C=O) groups excluding carboxylic acids is 2. The van der Waals surface area contributed by atoms with Gasteiger partial charge in [0.1, 0.15) is 12.9 Å². The third-order valence-electron chi connectivity index (χ3n) is 2.17. The van der Waals surface area contributed by atoms with Gasteiger partial charge in [0, 0.05) is 12.5 Å². The molecule has 17 heavy (non-hydrogen) atoms. The average Bonchev–Trinajstić information content (AvgIpc) is 2.37. The van der Waals surface area contributed by atoms with Crippen LogP contribution >= 0.6 is 0 Å². The number of unbranched alkanes of at least 4 members (excludes halogenated alkanes) is 2. The molecule has 0 bridgehead atoms. The molecule has 3 heteroatoms. The number of rotatable bonds is 7. The van der Waals surface area contributed by atoms with Gasteiger partial charge in [-0.1, -0.05) is 36.4 Å². The van der Waals surface area contributed by atoms with Crippen molar-refractivity contribution in [2.24, 2.45) is 0 Å². The summed E-state index contributed by atoms with van der Waals surface area (Å²) in [6, 6.07) is 9.53. The van der Waals surface area contributed by atoms with E-state index < -0.39 is 0 Å². The number of hydrogen-bond acceptors (Lipinski definition) is 3. The maximum atomic E-state index is 11.3. The highest BCUT2D eigenvalue weighted by molar-refractivity contribution is 5.81. The molecular formula is C14H16O3. The number of esters is 1. The Balaban J connectivity index is 2.19. The zero-order chi connectivity index (χ0) is 12.3. The van der Waals surface area contributed by atoms with Gasteiger partial charge in [-0.15, -0.1) is 0 Å². The summed E-state index contributed by atoms with van der Waals surface area (Å²) >= 11 is 0. The Morgan fingerprint density at radius 1 is 1.18 bits per heavy atom.